The average Bonchev–Trinajstić information content (AvgIpc) is 2.51. The molecule has 0 aliphatic heterocycles. The smallest absolute Gasteiger partial charge is 0 e. The van der Waals surface area contributed by atoms with Crippen LogP contribution in [0, 0.1) is 20.0 Å². The van der Waals surface area contributed by atoms with Gasteiger partial charge in [-0.1, -0.05) is 42.5 Å². The third kappa shape index (κ3) is 22.4. The zero-order valence-corrected chi connectivity index (χ0v) is 11.8. The molecule has 0 heterocycles. The Bertz CT molecular complexity index is 327. The van der Waals surface area contributed by atoms with Crippen molar-refractivity contribution >= 4 is 0 Å². The fourth-order valence-electron chi connectivity index (χ4n) is 0.915. The van der Waals surface area contributed by atoms with Gasteiger partial charge in [0.05, 0.1) is 13.2 Å². The van der Waals surface area contributed by atoms with Crippen LogP contribution in [0.25, 0.3) is 0 Å². The average molecular weight is 298 g/mol. The molecule has 1 aromatic carbocycles. The predicted molar refractivity (Wildman–Crippen MR) is 62.7 cm³/mol. The summed E-state index contributed by atoms with van der Waals surface area (Å²) < 4.78 is 27.9. The van der Waals surface area contributed by atoms with Crippen LogP contribution in [-0.2, 0) is 42.7 Å². The van der Waals surface area contributed by atoms with Gasteiger partial charge in [0.2, 0.25) is 0 Å². The molecular formula is C14H14CrO4. The van der Waals surface area contributed by atoms with Gasteiger partial charge in [-0.05, 0) is 12.5 Å². The molecule has 0 bridgehead atoms. The summed E-state index contributed by atoms with van der Waals surface area (Å²) in [6.45, 7) is 16.9. The molecule has 0 aliphatic rings. The topological polar surface area (TPSA) is 68.9 Å². The summed E-state index contributed by atoms with van der Waals surface area (Å²) in [5.74, 6) is 0. The predicted octanol–water partition coefficient (Wildman–Crippen LogP) is 2.66. The molecule has 0 atom stereocenters. The summed E-state index contributed by atoms with van der Waals surface area (Å²) in [6, 6.07) is 10.2. The molecule has 4 nitrogen and oxygen atoms in total. The van der Waals surface area contributed by atoms with E-state index in [2.05, 4.69) is 32.1 Å². The minimum Gasteiger partial charge on any atom is 0 e. The quantitative estimate of drug-likeness (QED) is 0.364. The minimum atomic E-state index is 0. The molecule has 0 fully saturated rings. The van der Waals surface area contributed by atoms with Crippen LogP contribution in [0.2, 0.25) is 0 Å². The first kappa shape index (κ1) is 26.3. The van der Waals surface area contributed by atoms with Gasteiger partial charge < -0.3 is 4.74 Å². The third-order valence-corrected chi connectivity index (χ3v) is 1.56. The maximum Gasteiger partial charge on any atom is 0 e. The van der Waals surface area contributed by atoms with E-state index < -0.39 is 0 Å². The van der Waals surface area contributed by atoms with Crippen LogP contribution >= 0.6 is 0 Å². The van der Waals surface area contributed by atoms with E-state index in [1.807, 2.05) is 37.3 Å². The Morgan fingerprint density at radius 2 is 1.47 bits per heavy atom. The van der Waals surface area contributed by atoms with Crippen molar-refractivity contribution in [2.24, 2.45) is 0 Å². The van der Waals surface area contributed by atoms with E-state index in [1.54, 1.807) is 0 Å². The summed E-state index contributed by atoms with van der Waals surface area (Å²) in [7, 11) is 0. The summed E-state index contributed by atoms with van der Waals surface area (Å²) in [5, 5.41) is 0. The van der Waals surface area contributed by atoms with Gasteiger partial charge in [0.25, 0.3) is 0 Å². The molecule has 19 heavy (non-hydrogen) atoms. The van der Waals surface area contributed by atoms with Crippen molar-refractivity contribution in [3.63, 3.8) is 0 Å². The molecule has 1 rings (SSSR count). The van der Waals surface area contributed by atoms with Crippen LogP contribution in [0.3, 0.4) is 0 Å². The number of rotatable bonds is 4. The van der Waals surface area contributed by atoms with Gasteiger partial charge in [0.15, 0.2) is 0 Å². The SMILES string of the molecule is C/C=C/COCc1ccccc1.[C-]#[O+].[C-]#[O+].[C-]#[O+].[Cr]. The Kier molecular flexibility index (Phi) is 41.6. The Hall–Kier alpha value is -1.33. The zero-order valence-electron chi connectivity index (χ0n) is 10.5. The second-order valence-corrected chi connectivity index (χ2v) is 2.57. The molecule has 0 saturated carbocycles. The monoisotopic (exact) mass is 298 g/mol. The number of benzene rings is 1. The van der Waals surface area contributed by atoms with Crippen LogP contribution in [0.1, 0.15) is 12.5 Å². The van der Waals surface area contributed by atoms with Crippen LogP contribution in [0.5, 0.6) is 0 Å². The minimum absolute atomic E-state index is 0. The molecule has 1 aromatic rings. The maximum absolute atomic E-state index is 7.50. The number of hydrogen-bond acceptors (Lipinski definition) is 1. The second-order valence-electron chi connectivity index (χ2n) is 2.57. The van der Waals surface area contributed by atoms with E-state index in [1.165, 1.54) is 5.56 Å². The van der Waals surface area contributed by atoms with E-state index in [0.29, 0.717) is 13.2 Å². The number of allylic oxidation sites excluding steroid dienone is 1. The van der Waals surface area contributed by atoms with Gasteiger partial charge in [-0.15, -0.1) is 0 Å². The van der Waals surface area contributed by atoms with E-state index in [4.69, 9.17) is 18.7 Å². The van der Waals surface area contributed by atoms with Crippen molar-refractivity contribution in [1.82, 2.24) is 0 Å². The molecule has 0 N–H and O–H groups in total. The van der Waals surface area contributed by atoms with Gasteiger partial charge in [-0.2, -0.15) is 0 Å². The van der Waals surface area contributed by atoms with Crippen molar-refractivity contribution in [3.05, 3.63) is 68.0 Å². The van der Waals surface area contributed by atoms with Crippen LogP contribution in [0.4, 0.5) is 0 Å². The summed E-state index contributed by atoms with van der Waals surface area (Å²) in [6.07, 6.45) is 3.99. The van der Waals surface area contributed by atoms with E-state index >= 15 is 0 Å². The Balaban J connectivity index is -0.000000142. The molecular weight excluding hydrogens is 284 g/mol. The summed E-state index contributed by atoms with van der Waals surface area (Å²) in [5.41, 5.74) is 1.22. The first-order valence-corrected chi connectivity index (χ1v) is 4.77. The van der Waals surface area contributed by atoms with Crippen LogP contribution in [-0.4, -0.2) is 6.61 Å². The molecule has 0 unspecified atom stereocenters. The van der Waals surface area contributed by atoms with Crippen molar-refractivity contribution in [2.45, 2.75) is 13.5 Å². The second kappa shape index (κ2) is 30.1. The standard InChI is InChI=1S/C11H14O.3CO.Cr/c1-2-3-9-12-10-11-7-5-4-6-8-11;3*1-2;/h2-8H,9-10H2,1H3;;;;/b3-2+;;;;. The van der Waals surface area contributed by atoms with Gasteiger partial charge in [-0.3, -0.25) is 0 Å². The Morgan fingerprint density at radius 3 is 1.89 bits per heavy atom. The normalized spacial score (nSPS) is 7.11. The Labute approximate surface area is 124 Å². The van der Waals surface area contributed by atoms with Crippen LogP contribution < -0.4 is 0 Å². The molecule has 5 heteroatoms. The Morgan fingerprint density at radius 1 is 1.00 bits per heavy atom. The van der Waals surface area contributed by atoms with E-state index in [9.17, 15) is 0 Å². The molecule has 0 saturated heterocycles. The van der Waals surface area contributed by atoms with Crippen molar-refractivity contribution in [1.29, 1.82) is 0 Å². The molecule has 0 aromatic heterocycles. The van der Waals surface area contributed by atoms with Crippen LogP contribution in [0.15, 0.2) is 42.5 Å². The molecule has 0 radical (unpaired) electrons. The molecule has 0 spiro atoms. The summed E-state index contributed by atoms with van der Waals surface area (Å²) in [4.78, 5) is 0. The fraction of sp³-hybridized carbons (Fsp3) is 0.214. The van der Waals surface area contributed by atoms with Gasteiger partial charge in [0, 0.05) is 17.4 Å². The third-order valence-electron chi connectivity index (χ3n) is 1.56. The zero-order chi connectivity index (χ0) is 14.6. The van der Waals surface area contributed by atoms with Gasteiger partial charge >= 0.3 is 33.9 Å². The van der Waals surface area contributed by atoms with E-state index in [0.717, 1.165) is 0 Å². The molecule has 0 aliphatic carbocycles. The van der Waals surface area contributed by atoms with Crippen molar-refractivity contribution in [2.75, 3.05) is 6.61 Å². The van der Waals surface area contributed by atoms with E-state index in [-0.39, 0.29) is 17.4 Å². The van der Waals surface area contributed by atoms with Crippen molar-refractivity contribution < 1.29 is 36.1 Å². The van der Waals surface area contributed by atoms with Gasteiger partial charge in [0.1, 0.15) is 0 Å². The van der Waals surface area contributed by atoms with Gasteiger partial charge in [-0.25, -0.2) is 0 Å². The largest absolute Gasteiger partial charge is 0 e. The fourth-order valence-corrected chi connectivity index (χ4v) is 0.915. The number of hydrogen-bond donors (Lipinski definition) is 0. The maximum atomic E-state index is 7.50. The summed E-state index contributed by atoms with van der Waals surface area (Å²) >= 11 is 0. The molecule has 100 valence electrons. The first-order valence-electron chi connectivity index (χ1n) is 4.77. The van der Waals surface area contributed by atoms with Crippen molar-refractivity contribution in [3.8, 4) is 0 Å². The first-order chi connectivity index (χ1) is 8.93. The number of ether oxygens (including phenoxy) is 1. The molecule has 0 amide bonds.